The second-order valence-electron chi connectivity index (χ2n) is 6.70. The fourth-order valence-electron chi connectivity index (χ4n) is 3.41. The van der Waals surface area contributed by atoms with E-state index in [1.807, 2.05) is 0 Å². The van der Waals surface area contributed by atoms with Gasteiger partial charge in [-0.15, -0.1) is 0 Å². The van der Waals surface area contributed by atoms with Crippen LogP contribution in [0.4, 0.5) is 0 Å². The Bertz CT molecular complexity index is 451. The molecule has 1 heterocycles. The van der Waals surface area contributed by atoms with Gasteiger partial charge in [0.05, 0.1) is 0 Å². The summed E-state index contributed by atoms with van der Waals surface area (Å²) in [4.78, 5) is 0. The molecule has 0 bridgehead atoms. The molecule has 3 nitrogen and oxygen atoms in total. The monoisotopic (exact) mass is 472 g/mol. The van der Waals surface area contributed by atoms with Crippen molar-refractivity contribution in [2.45, 2.75) is 76.8 Å². The normalized spacial score (nSPS) is 21.0. The van der Waals surface area contributed by atoms with E-state index in [1.165, 1.54) is 74.6 Å². The van der Waals surface area contributed by atoms with Crippen molar-refractivity contribution in [2.24, 2.45) is 18.7 Å². The van der Waals surface area contributed by atoms with Gasteiger partial charge in [-0.05, 0) is 12.8 Å². The van der Waals surface area contributed by atoms with Crippen LogP contribution in [-0.2, 0) is 32.9 Å². The van der Waals surface area contributed by atoms with Crippen LogP contribution in [0.5, 0.6) is 0 Å². The zero-order valence-electron chi connectivity index (χ0n) is 13.4. The van der Waals surface area contributed by atoms with Crippen LogP contribution in [0.1, 0.15) is 64.2 Å². The van der Waals surface area contributed by atoms with Crippen molar-refractivity contribution >= 4 is 0 Å². The molecule has 3 rings (SSSR count). The Kier molecular flexibility index (Phi) is 7.46. The van der Waals surface area contributed by atoms with Crippen molar-refractivity contribution in [3.05, 3.63) is 16.2 Å². The van der Waals surface area contributed by atoms with E-state index in [0.717, 1.165) is 5.92 Å². The Morgan fingerprint density at radius 2 is 1.57 bits per heavy atom. The number of hydrogen-bond donors (Lipinski definition) is 1. The molecule has 0 radical (unpaired) electrons. The van der Waals surface area contributed by atoms with E-state index in [4.69, 9.17) is 5.73 Å². The summed E-state index contributed by atoms with van der Waals surface area (Å²) in [5.41, 5.74) is 5.63. The van der Waals surface area contributed by atoms with E-state index >= 15 is 0 Å². The van der Waals surface area contributed by atoms with Crippen molar-refractivity contribution in [3.8, 4) is 0 Å². The van der Waals surface area contributed by atoms with Gasteiger partial charge in [0, 0.05) is 6.04 Å². The first-order valence-electron chi connectivity index (χ1n) is 8.59. The molecule has 124 valence electrons. The number of hydrogen-bond acceptors (Lipinski definition) is 1. The zero-order chi connectivity index (χ0) is 15.1. The maximum atomic E-state index is 5.63. The van der Waals surface area contributed by atoms with Gasteiger partial charge in [0.25, 0.3) is 0 Å². The average Bonchev–Trinajstić information content (AvgIpc) is 2.82. The summed E-state index contributed by atoms with van der Waals surface area (Å²) < 4.78 is 5.91. The molecule has 2 aliphatic rings. The Balaban J connectivity index is 0.000000194. The molecule has 1 aromatic rings. The van der Waals surface area contributed by atoms with Crippen LogP contribution < -0.4 is 5.73 Å². The average molecular weight is 473 g/mol. The molecule has 0 unspecified atom stereocenters. The number of nitrogens with two attached hydrogens (primary N) is 1. The van der Waals surface area contributed by atoms with E-state index < -0.39 is 0 Å². The first-order chi connectivity index (χ1) is 10.2. The summed E-state index contributed by atoms with van der Waals surface area (Å²) in [6, 6.07) is 0.536. The second kappa shape index (κ2) is 9.10. The maximum Gasteiger partial charge on any atom is 0.00388 e. The van der Waals surface area contributed by atoms with Crippen molar-refractivity contribution in [3.63, 3.8) is 0 Å². The first kappa shape index (κ1) is 17.2. The summed E-state index contributed by atoms with van der Waals surface area (Å²) in [7, 11) is 2.11. The van der Waals surface area contributed by atoms with Crippen LogP contribution in [0.2, 0.25) is 0 Å². The summed E-state index contributed by atoms with van der Waals surface area (Å²) in [5, 5.41) is 0. The van der Waals surface area contributed by atoms with E-state index in [-0.39, 0.29) is 0 Å². The molecule has 2 aliphatic carbocycles. The van der Waals surface area contributed by atoms with Gasteiger partial charge in [-0.25, -0.2) is 0 Å². The molecule has 0 atom stereocenters. The largest absolute Gasteiger partial charge is 0.328 e. The minimum atomic E-state index is 0.536. The van der Waals surface area contributed by atoms with Gasteiger partial charge in [0.1, 0.15) is 0 Å². The summed E-state index contributed by atoms with van der Waals surface area (Å²) in [6.45, 7) is 1.22. The molecule has 1 aromatic heterocycles. The van der Waals surface area contributed by atoms with Gasteiger partial charge in [-0.3, -0.25) is 0 Å². The third-order valence-electron chi connectivity index (χ3n) is 4.79. The fourth-order valence-corrected chi connectivity index (χ4v) is 3.96. The van der Waals surface area contributed by atoms with Crippen LogP contribution >= 0.6 is 0 Å². The molecule has 0 amide bonds. The van der Waals surface area contributed by atoms with Crippen molar-refractivity contribution < 1.29 is 19.4 Å². The predicted octanol–water partition coefficient (Wildman–Crippen LogP) is 3.76. The molecule has 0 aliphatic heterocycles. The Morgan fingerprint density at radius 1 is 1.00 bits per heavy atom. The van der Waals surface area contributed by atoms with Gasteiger partial charge in [-0.2, -0.15) is 0 Å². The van der Waals surface area contributed by atoms with Gasteiger partial charge >= 0.3 is 96.3 Å². The van der Waals surface area contributed by atoms with E-state index in [9.17, 15) is 0 Å². The van der Waals surface area contributed by atoms with Crippen LogP contribution in [0.15, 0.2) is 12.4 Å². The fraction of sp³-hybridized carbons (Fsp3) is 0.824. The number of nitrogens with zero attached hydrogens (tertiary/aromatic N) is 2. The molecule has 0 spiro atoms. The molecule has 21 heavy (non-hydrogen) atoms. The molecular formula is C17H31N3Pt. The minimum Gasteiger partial charge on any atom is -0.328 e. The molecule has 4 heteroatoms. The molecule has 2 N–H and O–H groups in total. The Hall–Kier alpha value is -0.142. The second-order valence-corrected chi connectivity index (χ2v) is 7.72. The zero-order valence-corrected chi connectivity index (χ0v) is 15.6. The van der Waals surface area contributed by atoms with Crippen LogP contribution in [0.25, 0.3) is 0 Å². The minimum absolute atomic E-state index is 0.536. The predicted molar refractivity (Wildman–Crippen MR) is 84.3 cm³/mol. The number of aryl methyl sites for hydroxylation is 1. The third-order valence-corrected chi connectivity index (χ3v) is 6.24. The van der Waals surface area contributed by atoms with Gasteiger partial charge in [0.2, 0.25) is 0 Å². The van der Waals surface area contributed by atoms with Gasteiger partial charge < -0.3 is 5.73 Å². The van der Waals surface area contributed by atoms with Gasteiger partial charge in [-0.1, -0.05) is 19.3 Å². The molecule has 0 saturated heterocycles. The molecule has 2 saturated carbocycles. The number of imidazole rings is 1. The summed E-state index contributed by atoms with van der Waals surface area (Å²) in [6.07, 6.45) is 18.2. The van der Waals surface area contributed by atoms with E-state index in [2.05, 4.69) is 47.9 Å². The van der Waals surface area contributed by atoms with Crippen LogP contribution in [0, 0.1) is 9.72 Å². The summed E-state index contributed by atoms with van der Waals surface area (Å²) in [5.74, 6) is 0.921. The molecular weight excluding hydrogens is 441 g/mol. The topological polar surface area (TPSA) is 35.9 Å². The molecule has 0 aromatic carbocycles. The standard InChI is InChI=1S/C11H18N2.C6H13N.Pt/c1-12-7-8-13(10-12)9-11-5-3-2-4-6-11;7-6-4-2-1-3-5-6;/h7-8,11H,2-6,9H2,1H3;6H,1-5,7H2;. The van der Waals surface area contributed by atoms with Crippen LogP contribution in [0.3, 0.4) is 0 Å². The quantitative estimate of drug-likeness (QED) is 0.699. The molecule has 2 fully saturated rings. The first-order valence-corrected chi connectivity index (χ1v) is 9.73. The van der Waals surface area contributed by atoms with Gasteiger partial charge in [0.15, 0.2) is 0 Å². The number of aromatic nitrogens is 2. The summed E-state index contributed by atoms with van der Waals surface area (Å²) >= 11 is 2.41. The van der Waals surface area contributed by atoms with E-state index in [1.54, 1.807) is 0 Å². The Labute approximate surface area is 140 Å². The third kappa shape index (κ3) is 5.87. The van der Waals surface area contributed by atoms with Crippen molar-refractivity contribution in [2.75, 3.05) is 0 Å². The maximum absolute atomic E-state index is 5.63. The SMILES string of the molecule is Cn1ccn(CC2CCCCC2)[c]1=[Pt].NC1CCCCC1. The van der Waals surface area contributed by atoms with Crippen molar-refractivity contribution in [1.29, 1.82) is 0 Å². The van der Waals surface area contributed by atoms with Crippen molar-refractivity contribution in [1.82, 2.24) is 9.13 Å². The number of rotatable bonds is 2. The smallest absolute Gasteiger partial charge is 0.00388 e. The van der Waals surface area contributed by atoms with E-state index in [0.29, 0.717) is 6.04 Å². The van der Waals surface area contributed by atoms with Crippen LogP contribution in [-0.4, -0.2) is 15.2 Å². The Morgan fingerprint density at radius 3 is 2.00 bits per heavy atom.